The molecular formula is C17H27N3O. The molecule has 1 aliphatic heterocycles. The maximum absolute atomic E-state index is 12.9. The molecule has 4 nitrogen and oxygen atoms in total. The summed E-state index contributed by atoms with van der Waals surface area (Å²) in [4.78, 5) is 17.3. The van der Waals surface area contributed by atoms with Gasteiger partial charge in [-0.05, 0) is 33.0 Å². The van der Waals surface area contributed by atoms with Crippen LogP contribution in [0.15, 0.2) is 30.3 Å². The summed E-state index contributed by atoms with van der Waals surface area (Å²) in [7, 11) is 2.12. The van der Waals surface area contributed by atoms with E-state index in [1.165, 1.54) is 5.56 Å². The summed E-state index contributed by atoms with van der Waals surface area (Å²) in [5.41, 5.74) is 0.697. The van der Waals surface area contributed by atoms with Crippen LogP contribution in [0.1, 0.15) is 32.4 Å². The number of nitrogens with zero attached hydrogens (tertiary/aromatic N) is 2. The minimum atomic E-state index is -0.516. The van der Waals surface area contributed by atoms with E-state index in [-0.39, 0.29) is 11.9 Å². The van der Waals surface area contributed by atoms with E-state index in [1.54, 1.807) is 0 Å². The highest BCUT2D eigenvalue weighted by Gasteiger charge is 2.37. The van der Waals surface area contributed by atoms with Gasteiger partial charge < -0.3 is 15.1 Å². The van der Waals surface area contributed by atoms with Gasteiger partial charge in [0.1, 0.15) is 0 Å². The van der Waals surface area contributed by atoms with Gasteiger partial charge in [-0.15, -0.1) is 0 Å². The molecule has 2 rings (SSSR count). The van der Waals surface area contributed by atoms with Crippen LogP contribution in [-0.4, -0.2) is 54.5 Å². The Kier molecular flexibility index (Phi) is 5.01. The van der Waals surface area contributed by atoms with Gasteiger partial charge in [0.2, 0.25) is 5.91 Å². The number of likely N-dealkylation sites (N-methyl/N-ethyl adjacent to an activating group) is 2. The fraction of sp³-hybridized carbons (Fsp3) is 0.588. The number of carbonyl (C=O) groups is 1. The van der Waals surface area contributed by atoms with Crippen molar-refractivity contribution < 1.29 is 4.79 Å². The molecule has 1 fully saturated rings. The van der Waals surface area contributed by atoms with Crippen molar-refractivity contribution in [1.29, 1.82) is 0 Å². The second-order valence-electron chi connectivity index (χ2n) is 6.34. The minimum Gasteiger partial charge on any atom is -0.331 e. The van der Waals surface area contributed by atoms with Crippen LogP contribution in [0.25, 0.3) is 0 Å². The molecule has 1 unspecified atom stereocenters. The van der Waals surface area contributed by atoms with Gasteiger partial charge in [0.25, 0.3) is 0 Å². The van der Waals surface area contributed by atoms with Gasteiger partial charge in [-0.1, -0.05) is 37.3 Å². The number of rotatable bonds is 4. The molecule has 1 aromatic carbocycles. The SMILES string of the molecule is CCNC(C)(C)C(=O)N1CCN(C)CC1c1ccccc1. The number of benzene rings is 1. The maximum Gasteiger partial charge on any atom is 0.242 e. The Hall–Kier alpha value is -1.39. The van der Waals surface area contributed by atoms with Gasteiger partial charge in [-0.25, -0.2) is 0 Å². The molecule has 1 heterocycles. The van der Waals surface area contributed by atoms with Crippen molar-refractivity contribution in [2.75, 3.05) is 33.2 Å². The average Bonchev–Trinajstić information content (AvgIpc) is 2.47. The molecule has 1 aromatic rings. The lowest BCUT2D eigenvalue weighted by molar-refractivity contribution is -0.142. The van der Waals surface area contributed by atoms with Crippen LogP contribution in [0.2, 0.25) is 0 Å². The van der Waals surface area contributed by atoms with Gasteiger partial charge >= 0.3 is 0 Å². The zero-order valence-electron chi connectivity index (χ0n) is 13.6. The van der Waals surface area contributed by atoms with Crippen LogP contribution >= 0.6 is 0 Å². The smallest absolute Gasteiger partial charge is 0.242 e. The third-order valence-corrected chi connectivity index (χ3v) is 4.18. The first-order valence-corrected chi connectivity index (χ1v) is 7.75. The van der Waals surface area contributed by atoms with Gasteiger partial charge in [0.15, 0.2) is 0 Å². The Morgan fingerprint density at radius 3 is 2.57 bits per heavy atom. The number of nitrogens with one attached hydrogen (secondary N) is 1. The van der Waals surface area contributed by atoms with Crippen LogP contribution in [0.4, 0.5) is 0 Å². The molecule has 1 aliphatic rings. The van der Waals surface area contributed by atoms with Crippen LogP contribution < -0.4 is 5.32 Å². The Morgan fingerprint density at radius 1 is 1.29 bits per heavy atom. The van der Waals surface area contributed by atoms with Crippen molar-refractivity contribution in [3.8, 4) is 0 Å². The molecule has 1 saturated heterocycles. The average molecular weight is 289 g/mol. The molecule has 1 atom stereocenters. The lowest BCUT2D eigenvalue weighted by Gasteiger charge is -2.43. The van der Waals surface area contributed by atoms with E-state index in [0.29, 0.717) is 0 Å². The standard InChI is InChI=1S/C17H27N3O/c1-5-18-17(2,3)16(21)20-12-11-19(4)13-15(20)14-9-7-6-8-10-14/h6-10,15,18H,5,11-13H2,1-4H3. The topological polar surface area (TPSA) is 35.6 Å². The van der Waals surface area contributed by atoms with Gasteiger partial charge in [-0.3, -0.25) is 4.79 Å². The number of carbonyl (C=O) groups excluding carboxylic acids is 1. The second kappa shape index (κ2) is 6.58. The molecule has 0 saturated carbocycles. The fourth-order valence-electron chi connectivity index (χ4n) is 3.00. The Morgan fingerprint density at radius 2 is 1.95 bits per heavy atom. The van der Waals surface area contributed by atoms with E-state index in [1.807, 2.05) is 43.9 Å². The number of piperazine rings is 1. The summed E-state index contributed by atoms with van der Waals surface area (Å²) in [5, 5.41) is 3.30. The van der Waals surface area contributed by atoms with Crippen molar-refractivity contribution >= 4 is 5.91 Å². The molecule has 0 spiro atoms. The van der Waals surface area contributed by atoms with E-state index in [9.17, 15) is 4.79 Å². The highest BCUT2D eigenvalue weighted by atomic mass is 16.2. The first kappa shape index (κ1) is 16.0. The molecule has 0 bridgehead atoms. The van der Waals surface area contributed by atoms with E-state index in [2.05, 4.69) is 29.4 Å². The minimum absolute atomic E-state index is 0.135. The predicted molar refractivity (Wildman–Crippen MR) is 86.1 cm³/mol. The number of hydrogen-bond acceptors (Lipinski definition) is 3. The fourth-order valence-corrected chi connectivity index (χ4v) is 3.00. The Balaban J connectivity index is 2.25. The van der Waals surface area contributed by atoms with Gasteiger partial charge in [0.05, 0.1) is 11.6 Å². The largest absolute Gasteiger partial charge is 0.331 e. The number of hydrogen-bond donors (Lipinski definition) is 1. The second-order valence-corrected chi connectivity index (χ2v) is 6.34. The summed E-state index contributed by atoms with van der Waals surface area (Å²) < 4.78 is 0. The van der Waals surface area contributed by atoms with Crippen LogP contribution in [0.3, 0.4) is 0 Å². The third kappa shape index (κ3) is 3.63. The molecule has 1 N–H and O–H groups in total. The zero-order chi connectivity index (χ0) is 15.5. The molecule has 0 aliphatic carbocycles. The van der Waals surface area contributed by atoms with Gasteiger partial charge in [-0.2, -0.15) is 0 Å². The van der Waals surface area contributed by atoms with E-state index >= 15 is 0 Å². The Bertz CT molecular complexity index is 472. The molecule has 0 aromatic heterocycles. The molecule has 0 radical (unpaired) electrons. The van der Waals surface area contributed by atoms with E-state index < -0.39 is 5.54 Å². The zero-order valence-corrected chi connectivity index (χ0v) is 13.6. The summed E-state index contributed by atoms with van der Waals surface area (Å²) in [6, 6.07) is 10.5. The first-order chi connectivity index (χ1) is 9.95. The van der Waals surface area contributed by atoms with Crippen molar-refractivity contribution in [2.45, 2.75) is 32.4 Å². The molecule has 21 heavy (non-hydrogen) atoms. The van der Waals surface area contributed by atoms with Crippen molar-refractivity contribution in [2.24, 2.45) is 0 Å². The predicted octanol–water partition coefficient (Wildman–Crippen LogP) is 1.89. The lowest BCUT2D eigenvalue weighted by Crippen LogP contribution is -2.59. The van der Waals surface area contributed by atoms with Crippen molar-refractivity contribution in [3.05, 3.63) is 35.9 Å². The molecule has 1 amide bonds. The monoisotopic (exact) mass is 289 g/mol. The summed E-state index contributed by atoms with van der Waals surface area (Å²) in [6.45, 7) is 9.37. The normalized spacial score (nSPS) is 20.6. The molecule has 4 heteroatoms. The summed E-state index contributed by atoms with van der Waals surface area (Å²) in [6.07, 6.45) is 0. The molecular weight excluding hydrogens is 262 g/mol. The highest BCUT2D eigenvalue weighted by molar-refractivity contribution is 5.86. The van der Waals surface area contributed by atoms with Crippen LogP contribution in [0.5, 0.6) is 0 Å². The maximum atomic E-state index is 12.9. The Labute approximate surface area is 128 Å². The van der Waals surface area contributed by atoms with E-state index in [0.717, 1.165) is 26.2 Å². The lowest BCUT2D eigenvalue weighted by atomic mass is 9.97. The van der Waals surface area contributed by atoms with E-state index in [4.69, 9.17) is 0 Å². The summed E-state index contributed by atoms with van der Waals surface area (Å²) in [5.74, 6) is 0.186. The molecule has 116 valence electrons. The number of amides is 1. The summed E-state index contributed by atoms with van der Waals surface area (Å²) >= 11 is 0. The quantitative estimate of drug-likeness (QED) is 0.919. The third-order valence-electron chi connectivity index (χ3n) is 4.18. The highest BCUT2D eigenvalue weighted by Crippen LogP contribution is 2.27. The van der Waals surface area contributed by atoms with Crippen molar-refractivity contribution in [1.82, 2.24) is 15.1 Å². The van der Waals surface area contributed by atoms with Crippen LogP contribution in [0, 0.1) is 0 Å². The first-order valence-electron chi connectivity index (χ1n) is 7.75. The van der Waals surface area contributed by atoms with Gasteiger partial charge in [0, 0.05) is 19.6 Å². The van der Waals surface area contributed by atoms with Crippen molar-refractivity contribution in [3.63, 3.8) is 0 Å². The van der Waals surface area contributed by atoms with Crippen LogP contribution in [-0.2, 0) is 4.79 Å².